The van der Waals surface area contributed by atoms with E-state index in [0.717, 1.165) is 38.5 Å². The van der Waals surface area contributed by atoms with E-state index in [-0.39, 0.29) is 17.7 Å². The molecule has 1 fully saturated rings. The maximum atomic E-state index is 12.2. The van der Waals surface area contributed by atoms with Crippen LogP contribution < -0.4 is 5.32 Å². The minimum atomic E-state index is -1.07. The van der Waals surface area contributed by atoms with Crippen LogP contribution in [0.15, 0.2) is 0 Å². The lowest BCUT2D eigenvalue weighted by atomic mass is 9.92. The summed E-state index contributed by atoms with van der Waals surface area (Å²) < 4.78 is 0. The van der Waals surface area contributed by atoms with E-state index in [1.165, 1.54) is 0 Å². The Hall–Kier alpha value is -1.06. The zero-order valence-corrected chi connectivity index (χ0v) is 11.7. The van der Waals surface area contributed by atoms with Gasteiger partial charge in [0.15, 0.2) is 0 Å². The van der Waals surface area contributed by atoms with Crippen molar-refractivity contribution in [1.29, 1.82) is 0 Å². The Morgan fingerprint density at radius 2 is 1.78 bits per heavy atom. The molecule has 18 heavy (non-hydrogen) atoms. The van der Waals surface area contributed by atoms with Crippen LogP contribution in [-0.2, 0) is 9.59 Å². The first-order valence-electron chi connectivity index (χ1n) is 7.01. The summed E-state index contributed by atoms with van der Waals surface area (Å²) in [6, 6.07) is 0. The first-order valence-corrected chi connectivity index (χ1v) is 7.01. The van der Waals surface area contributed by atoms with Gasteiger partial charge in [-0.25, -0.2) is 4.79 Å². The molecule has 1 saturated carbocycles. The van der Waals surface area contributed by atoms with Crippen molar-refractivity contribution < 1.29 is 14.7 Å². The Balaban J connectivity index is 2.67. The molecule has 0 aliphatic heterocycles. The fraction of sp³-hybridized carbons (Fsp3) is 0.857. The topological polar surface area (TPSA) is 66.4 Å². The summed E-state index contributed by atoms with van der Waals surface area (Å²) in [7, 11) is 0. The van der Waals surface area contributed by atoms with Gasteiger partial charge in [0, 0.05) is 5.92 Å². The predicted octanol–water partition coefficient (Wildman–Crippen LogP) is 2.57. The fourth-order valence-corrected chi connectivity index (χ4v) is 2.45. The van der Waals surface area contributed by atoms with Gasteiger partial charge in [-0.15, -0.1) is 0 Å². The highest BCUT2D eigenvalue weighted by Gasteiger charge is 2.48. The minimum Gasteiger partial charge on any atom is -0.480 e. The van der Waals surface area contributed by atoms with E-state index in [1.807, 2.05) is 13.8 Å². The highest BCUT2D eigenvalue weighted by molar-refractivity contribution is 5.88. The van der Waals surface area contributed by atoms with Crippen molar-refractivity contribution in [2.75, 3.05) is 0 Å². The third-order valence-electron chi connectivity index (χ3n) is 3.87. The number of aliphatic carboxylic acids is 1. The molecule has 0 aromatic rings. The zero-order valence-electron chi connectivity index (χ0n) is 11.7. The molecule has 0 aromatic heterocycles. The monoisotopic (exact) mass is 255 g/mol. The van der Waals surface area contributed by atoms with E-state index in [1.54, 1.807) is 6.92 Å². The molecular weight excluding hydrogens is 230 g/mol. The van der Waals surface area contributed by atoms with Gasteiger partial charge in [-0.3, -0.25) is 4.79 Å². The Bertz CT molecular complexity index is 306. The molecule has 0 heterocycles. The molecule has 1 aliphatic carbocycles. The summed E-state index contributed by atoms with van der Waals surface area (Å²) in [6.07, 6.45) is 5.36. The molecule has 1 atom stereocenters. The van der Waals surface area contributed by atoms with Gasteiger partial charge < -0.3 is 10.4 Å². The summed E-state index contributed by atoms with van der Waals surface area (Å²) >= 11 is 0. The van der Waals surface area contributed by atoms with Gasteiger partial charge in [0.05, 0.1) is 0 Å². The Kier molecular flexibility index (Phi) is 5.17. The smallest absolute Gasteiger partial charge is 0.329 e. The van der Waals surface area contributed by atoms with Crippen molar-refractivity contribution in [3.05, 3.63) is 0 Å². The van der Waals surface area contributed by atoms with Gasteiger partial charge in [0.2, 0.25) is 5.91 Å². The molecule has 4 nitrogen and oxygen atoms in total. The van der Waals surface area contributed by atoms with E-state index < -0.39 is 11.5 Å². The summed E-state index contributed by atoms with van der Waals surface area (Å²) in [6.45, 7) is 5.74. The lowest BCUT2D eigenvalue weighted by Gasteiger charge is -2.28. The normalized spacial score (nSPS) is 18.4. The van der Waals surface area contributed by atoms with Crippen LogP contribution in [-0.4, -0.2) is 22.5 Å². The van der Waals surface area contributed by atoms with Gasteiger partial charge in [0.25, 0.3) is 0 Å². The molecular formula is C14H25NO3. The quantitative estimate of drug-likeness (QED) is 0.700. The fourth-order valence-electron chi connectivity index (χ4n) is 2.45. The van der Waals surface area contributed by atoms with Crippen LogP contribution in [0.2, 0.25) is 0 Å². The summed E-state index contributed by atoms with van der Waals surface area (Å²) in [5.74, 6) is -0.944. The number of hydrogen-bond acceptors (Lipinski definition) is 2. The second-order valence-corrected chi connectivity index (χ2v) is 5.55. The van der Waals surface area contributed by atoms with E-state index >= 15 is 0 Å². The first kappa shape index (κ1) is 15.0. The molecule has 0 radical (unpaired) electrons. The van der Waals surface area contributed by atoms with E-state index in [4.69, 9.17) is 0 Å². The Morgan fingerprint density at radius 3 is 2.11 bits per heavy atom. The lowest BCUT2D eigenvalue weighted by Crippen LogP contribution is -2.55. The number of carbonyl (C=O) groups is 2. The number of amides is 1. The average Bonchev–Trinajstić information content (AvgIpc) is 3.12. The third kappa shape index (κ3) is 3.47. The number of carboxylic acid groups (broad SMARTS) is 1. The van der Waals surface area contributed by atoms with Gasteiger partial charge in [-0.2, -0.15) is 0 Å². The van der Waals surface area contributed by atoms with Crippen molar-refractivity contribution in [3.63, 3.8) is 0 Å². The molecule has 0 aromatic carbocycles. The van der Waals surface area contributed by atoms with Crippen LogP contribution in [0, 0.1) is 11.8 Å². The van der Waals surface area contributed by atoms with Crippen LogP contribution >= 0.6 is 0 Å². The number of carbonyl (C=O) groups excluding carboxylic acids is 1. The number of rotatable bonds is 8. The molecule has 0 saturated heterocycles. The molecule has 0 bridgehead atoms. The number of hydrogen-bond donors (Lipinski definition) is 2. The van der Waals surface area contributed by atoms with Crippen molar-refractivity contribution >= 4 is 11.9 Å². The van der Waals surface area contributed by atoms with Crippen molar-refractivity contribution in [2.45, 2.75) is 64.8 Å². The second kappa shape index (κ2) is 6.21. The summed E-state index contributed by atoms with van der Waals surface area (Å²) in [4.78, 5) is 23.6. The molecule has 1 amide bonds. The maximum Gasteiger partial charge on any atom is 0.329 e. The molecule has 104 valence electrons. The summed E-state index contributed by atoms with van der Waals surface area (Å²) in [5, 5.41) is 12.1. The molecule has 4 heteroatoms. The SMILES string of the molecule is CCCC(CCC)C(=O)NC(C)(C(=O)O)C1CC1. The molecule has 1 aliphatic rings. The Morgan fingerprint density at radius 1 is 1.28 bits per heavy atom. The largest absolute Gasteiger partial charge is 0.480 e. The van der Waals surface area contributed by atoms with E-state index in [2.05, 4.69) is 5.32 Å². The maximum absolute atomic E-state index is 12.2. The summed E-state index contributed by atoms with van der Waals surface area (Å²) in [5.41, 5.74) is -1.07. The average molecular weight is 255 g/mol. The van der Waals surface area contributed by atoms with Crippen molar-refractivity contribution in [3.8, 4) is 0 Å². The second-order valence-electron chi connectivity index (χ2n) is 5.55. The zero-order chi connectivity index (χ0) is 13.8. The molecule has 2 N–H and O–H groups in total. The van der Waals surface area contributed by atoms with Crippen LogP contribution in [0.4, 0.5) is 0 Å². The van der Waals surface area contributed by atoms with E-state index in [9.17, 15) is 14.7 Å². The lowest BCUT2D eigenvalue weighted by molar-refractivity contribution is -0.148. The van der Waals surface area contributed by atoms with Crippen molar-refractivity contribution in [1.82, 2.24) is 5.32 Å². The van der Waals surface area contributed by atoms with Gasteiger partial charge in [-0.1, -0.05) is 26.7 Å². The van der Waals surface area contributed by atoms with E-state index in [0.29, 0.717) is 0 Å². The van der Waals surface area contributed by atoms with Crippen molar-refractivity contribution in [2.24, 2.45) is 11.8 Å². The number of carboxylic acids is 1. The standard InChI is InChI=1S/C14H25NO3/c1-4-6-10(7-5-2)12(16)15-14(3,13(17)18)11-8-9-11/h10-11H,4-9H2,1-3H3,(H,15,16)(H,17,18). The van der Waals surface area contributed by atoms with Gasteiger partial charge in [-0.05, 0) is 38.5 Å². The Labute approximate surface area is 109 Å². The molecule has 1 rings (SSSR count). The van der Waals surface area contributed by atoms with Crippen LogP contribution in [0.3, 0.4) is 0 Å². The highest BCUT2D eigenvalue weighted by Crippen LogP contribution is 2.40. The van der Waals surface area contributed by atoms with Gasteiger partial charge >= 0.3 is 5.97 Å². The highest BCUT2D eigenvalue weighted by atomic mass is 16.4. The van der Waals surface area contributed by atoms with Crippen LogP contribution in [0.1, 0.15) is 59.3 Å². The number of nitrogens with one attached hydrogen (secondary N) is 1. The van der Waals surface area contributed by atoms with Crippen LogP contribution in [0.25, 0.3) is 0 Å². The molecule has 0 spiro atoms. The first-order chi connectivity index (χ1) is 8.45. The predicted molar refractivity (Wildman–Crippen MR) is 70.2 cm³/mol. The van der Waals surface area contributed by atoms with Gasteiger partial charge in [0.1, 0.15) is 5.54 Å². The minimum absolute atomic E-state index is 0.0441. The third-order valence-corrected chi connectivity index (χ3v) is 3.87. The molecule has 1 unspecified atom stereocenters. The van der Waals surface area contributed by atoms with Crippen LogP contribution in [0.5, 0.6) is 0 Å².